The Morgan fingerprint density at radius 2 is 1.95 bits per heavy atom. The number of hydrogen-bond acceptors (Lipinski definition) is 3. The number of allylic oxidation sites excluding steroid dienone is 1. The number of alkyl halides is 3. The zero-order valence-electron chi connectivity index (χ0n) is 10.9. The molecule has 0 heterocycles. The molecule has 1 rings (SSSR count). The summed E-state index contributed by atoms with van der Waals surface area (Å²) < 4.78 is 42.6. The first-order valence-electron chi connectivity index (χ1n) is 6.08. The maximum Gasteiger partial charge on any atom is 0.429 e. The summed E-state index contributed by atoms with van der Waals surface area (Å²) in [4.78, 5) is 11.6. The number of halogens is 3. The summed E-state index contributed by atoms with van der Waals surface area (Å²) in [6, 6.07) is 4.79. The topological polar surface area (TPSA) is 46.5 Å². The first-order chi connectivity index (χ1) is 9.34. The second kappa shape index (κ2) is 6.98. The summed E-state index contributed by atoms with van der Waals surface area (Å²) in [7, 11) is 0. The zero-order chi connectivity index (χ0) is 15.2. The molecule has 0 bridgehead atoms. The number of benzene rings is 1. The summed E-state index contributed by atoms with van der Waals surface area (Å²) in [5.74, 6) is -1.18. The van der Waals surface area contributed by atoms with E-state index in [0.29, 0.717) is 12.8 Å². The molecule has 0 saturated carbocycles. The molecule has 0 amide bonds. The Morgan fingerprint density at radius 1 is 1.35 bits per heavy atom. The molecule has 0 radical (unpaired) electrons. The molecule has 3 nitrogen and oxygen atoms in total. The maximum absolute atomic E-state index is 12.7. The van der Waals surface area contributed by atoms with Gasteiger partial charge in [-0.05, 0) is 36.8 Å². The van der Waals surface area contributed by atoms with E-state index in [-0.39, 0.29) is 11.3 Å². The highest BCUT2D eigenvalue weighted by Gasteiger charge is 2.41. The van der Waals surface area contributed by atoms with Gasteiger partial charge < -0.3 is 9.84 Å². The maximum atomic E-state index is 12.7. The van der Waals surface area contributed by atoms with E-state index < -0.39 is 18.2 Å². The molecule has 0 aliphatic heterocycles. The number of esters is 1. The van der Waals surface area contributed by atoms with Crippen LogP contribution in [0, 0.1) is 0 Å². The Labute approximate surface area is 114 Å². The molecule has 1 aromatic rings. The number of phenols is 1. The minimum atomic E-state index is -4.66. The molecule has 1 aromatic carbocycles. The number of unbranched alkanes of at least 4 members (excludes halogenated alkanes) is 1. The molecule has 1 atom stereocenters. The van der Waals surface area contributed by atoms with Crippen molar-refractivity contribution in [3.05, 3.63) is 42.0 Å². The van der Waals surface area contributed by atoms with Crippen molar-refractivity contribution < 1.29 is 27.8 Å². The second-order valence-corrected chi connectivity index (χ2v) is 4.13. The van der Waals surface area contributed by atoms with E-state index in [1.165, 1.54) is 30.3 Å². The number of hydrogen-bond donors (Lipinski definition) is 1. The van der Waals surface area contributed by atoms with Crippen molar-refractivity contribution in [2.75, 3.05) is 0 Å². The van der Waals surface area contributed by atoms with Gasteiger partial charge in [-0.3, -0.25) is 0 Å². The Morgan fingerprint density at radius 3 is 2.45 bits per heavy atom. The lowest BCUT2D eigenvalue weighted by molar-refractivity contribution is -0.189. The van der Waals surface area contributed by atoms with Crippen LogP contribution in [0.4, 0.5) is 13.2 Å². The molecule has 0 aliphatic carbocycles. The van der Waals surface area contributed by atoms with Gasteiger partial charge in [0.05, 0.1) is 5.56 Å². The van der Waals surface area contributed by atoms with Crippen LogP contribution < -0.4 is 0 Å². The number of carbonyl (C=O) groups is 1. The lowest BCUT2D eigenvalue weighted by Crippen LogP contribution is -2.32. The standard InChI is InChI=1S/C14H15F3O3/c1-2-3-4-5-12(14(15,16)17)20-13(19)10-6-8-11(18)9-7-10/h4-9,12,18H,2-3H2,1H3/b5-4-. The normalized spacial score (nSPS) is 13.4. The van der Waals surface area contributed by atoms with Gasteiger partial charge in [-0.15, -0.1) is 0 Å². The van der Waals surface area contributed by atoms with E-state index >= 15 is 0 Å². The summed E-state index contributed by atoms with van der Waals surface area (Å²) in [5.41, 5.74) is -0.0547. The Kier molecular flexibility index (Phi) is 5.61. The lowest BCUT2D eigenvalue weighted by atomic mass is 10.2. The van der Waals surface area contributed by atoms with Gasteiger partial charge in [0.25, 0.3) is 0 Å². The molecular weight excluding hydrogens is 273 g/mol. The van der Waals surface area contributed by atoms with Gasteiger partial charge in [0.15, 0.2) is 0 Å². The predicted molar refractivity (Wildman–Crippen MR) is 67.4 cm³/mol. The summed E-state index contributed by atoms with van der Waals surface area (Å²) in [6.07, 6.45) is -3.58. The predicted octanol–water partition coefficient (Wildman–Crippen LogP) is 3.84. The highest BCUT2D eigenvalue weighted by Crippen LogP contribution is 2.25. The van der Waals surface area contributed by atoms with E-state index in [4.69, 9.17) is 5.11 Å². The summed E-state index contributed by atoms with van der Waals surface area (Å²) >= 11 is 0. The summed E-state index contributed by atoms with van der Waals surface area (Å²) in [6.45, 7) is 1.83. The van der Waals surface area contributed by atoms with Crippen molar-refractivity contribution in [2.45, 2.75) is 32.0 Å². The smallest absolute Gasteiger partial charge is 0.429 e. The molecule has 0 fully saturated rings. The van der Waals surface area contributed by atoms with Gasteiger partial charge in [-0.2, -0.15) is 13.2 Å². The van der Waals surface area contributed by atoms with E-state index in [9.17, 15) is 18.0 Å². The lowest BCUT2D eigenvalue weighted by Gasteiger charge is -2.17. The van der Waals surface area contributed by atoms with Crippen LogP contribution in [-0.4, -0.2) is 23.4 Å². The highest BCUT2D eigenvalue weighted by molar-refractivity contribution is 5.89. The largest absolute Gasteiger partial charge is 0.508 e. The van der Waals surface area contributed by atoms with Crippen LogP contribution in [0.25, 0.3) is 0 Å². The quantitative estimate of drug-likeness (QED) is 0.661. The van der Waals surface area contributed by atoms with Crippen molar-refractivity contribution in [3.8, 4) is 5.75 Å². The molecule has 0 aromatic heterocycles. The van der Waals surface area contributed by atoms with Gasteiger partial charge in [-0.1, -0.05) is 19.4 Å². The second-order valence-electron chi connectivity index (χ2n) is 4.13. The fourth-order valence-electron chi connectivity index (χ4n) is 1.38. The number of aromatic hydroxyl groups is 1. The SMILES string of the molecule is CCC/C=C\C(OC(=O)c1ccc(O)cc1)C(F)(F)F. The third-order valence-electron chi connectivity index (χ3n) is 2.43. The van der Waals surface area contributed by atoms with Crippen molar-refractivity contribution in [1.29, 1.82) is 0 Å². The van der Waals surface area contributed by atoms with Crippen LogP contribution in [0.2, 0.25) is 0 Å². The third-order valence-corrected chi connectivity index (χ3v) is 2.43. The van der Waals surface area contributed by atoms with Crippen LogP contribution in [0.3, 0.4) is 0 Å². The monoisotopic (exact) mass is 288 g/mol. The zero-order valence-corrected chi connectivity index (χ0v) is 10.9. The molecular formula is C14H15F3O3. The van der Waals surface area contributed by atoms with E-state index in [2.05, 4.69) is 4.74 Å². The fourth-order valence-corrected chi connectivity index (χ4v) is 1.38. The van der Waals surface area contributed by atoms with Crippen LogP contribution in [0.1, 0.15) is 30.1 Å². The molecule has 0 saturated heterocycles. The minimum Gasteiger partial charge on any atom is -0.508 e. The van der Waals surface area contributed by atoms with Gasteiger partial charge in [0, 0.05) is 0 Å². The summed E-state index contributed by atoms with van der Waals surface area (Å²) in [5, 5.41) is 9.05. The van der Waals surface area contributed by atoms with Gasteiger partial charge in [0.2, 0.25) is 6.10 Å². The van der Waals surface area contributed by atoms with E-state index in [0.717, 1.165) is 6.08 Å². The van der Waals surface area contributed by atoms with E-state index in [1.54, 1.807) is 0 Å². The fraction of sp³-hybridized carbons (Fsp3) is 0.357. The Hall–Kier alpha value is -1.98. The molecule has 110 valence electrons. The average Bonchev–Trinajstić information content (AvgIpc) is 2.37. The van der Waals surface area contributed by atoms with E-state index in [1.807, 2.05) is 6.92 Å². The van der Waals surface area contributed by atoms with Gasteiger partial charge in [0.1, 0.15) is 5.75 Å². The van der Waals surface area contributed by atoms with Crippen LogP contribution in [0.15, 0.2) is 36.4 Å². The molecule has 20 heavy (non-hydrogen) atoms. The molecule has 0 spiro atoms. The van der Waals surface area contributed by atoms with Crippen molar-refractivity contribution >= 4 is 5.97 Å². The third kappa shape index (κ3) is 4.95. The van der Waals surface area contributed by atoms with Crippen LogP contribution >= 0.6 is 0 Å². The highest BCUT2D eigenvalue weighted by atomic mass is 19.4. The molecule has 1 N–H and O–H groups in total. The number of rotatable bonds is 5. The van der Waals surface area contributed by atoms with Crippen molar-refractivity contribution in [3.63, 3.8) is 0 Å². The molecule has 6 heteroatoms. The first-order valence-corrected chi connectivity index (χ1v) is 6.08. The van der Waals surface area contributed by atoms with Crippen molar-refractivity contribution in [1.82, 2.24) is 0 Å². The minimum absolute atomic E-state index is 0.0547. The van der Waals surface area contributed by atoms with Crippen LogP contribution in [0.5, 0.6) is 5.75 Å². The number of phenolic OH excluding ortho intramolecular Hbond substituents is 1. The average molecular weight is 288 g/mol. The Balaban J connectivity index is 2.79. The molecule has 1 unspecified atom stereocenters. The first kappa shape index (κ1) is 16.1. The van der Waals surface area contributed by atoms with Gasteiger partial charge in [-0.25, -0.2) is 4.79 Å². The van der Waals surface area contributed by atoms with Gasteiger partial charge >= 0.3 is 12.1 Å². The Bertz CT molecular complexity index is 464. The van der Waals surface area contributed by atoms with Crippen molar-refractivity contribution in [2.24, 2.45) is 0 Å². The number of carbonyl (C=O) groups excluding carboxylic acids is 1. The molecule has 0 aliphatic rings. The number of ether oxygens (including phenoxy) is 1. The van der Waals surface area contributed by atoms with Crippen LogP contribution in [-0.2, 0) is 4.74 Å².